The van der Waals surface area contributed by atoms with Gasteiger partial charge in [0.1, 0.15) is 0 Å². The average Bonchev–Trinajstić information content (AvgIpc) is 1.64. The third-order valence-corrected chi connectivity index (χ3v) is 0.545. The molecular weight excluding hydrogens is 118 g/mol. The maximum atomic E-state index is 11.1. The molecule has 0 spiro atoms. The SMILES string of the molecule is CC(=O)C(=O)C(F)F. The lowest BCUT2D eigenvalue weighted by atomic mass is 10.3. The van der Waals surface area contributed by atoms with E-state index in [0.29, 0.717) is 0 Å². The van der Waals surface area contributed by atoms with Crippen LogP contribution in [0, 0.1) is 0 Å². The predicted molar refractivity (Wildman–Crippen MR) is 21.7 cm³/mol. The lowest BCUT2D eigenvalue weighted by Crippen LogP contribution is -2.18. The maximum absolute atomic E-state index is 11.1. The Kier molecular flexibility index (Phi) is 2.24. The zero-order valence-electron chi connectivity index (χ0n) is 4.15. The fourth-order valence-corrected chi connectivity index (χ4v) is 0.154. The minimum absolute atomic E-state index is 0.814. The molecule has 8 heavy (non-hydrogen) atoms. The van der Waals surface area contributed by atoms with Crippen LogP contribution in [0.2, 0.25) is 0 Å². The molecular formula is C4H4F2O2. The number of ketones is 2. The summed E-state index contributed by atoms with van der Waals surface area (Å²) in [5, 5.41) is 0. The quantitative estimate of drug-likeness (QED) is 0.497. The minimum Gasteiger partial charge on any atom is -0.291 e. The van der Waals surface area contributed by atoms with Crippen molar-refractivity contribution in [2.75, 3.05) is 0 Å². The van der Waals surface area contributed by atoms with Crippen LogP contribution >= 0.6 is 0 Å². The largest absolute Gasteiger partial charge is 0.303 e. The molecule has 0 amide bonds. The molecule has 0 heterocycles. The molecule has 0 aliphatic carbocycles. The number of hydrogen-bond acceptors (Lipinski definition) is 2. The molecule has 46 valence electrons. The van der Waals surface area contributed by atoms with Crippen LogP contribution in [0.3, 0.4) is 0 Å². The molecule has 0 radical (unpaired) electrons. The number of carbonyl (C=O) groups is 2. The van der Waals surface area contributed by atoms with Gasteiger partial charge in [0.05, 0.1) is 0 Å². The first-order valence-corrected chi connectivity index (χ1v) is 1.88. The summed E-state index contributed by atoms with van der Waals surface area (Å²) in [4.78, 5) is 19.5. The first-order chi connectivity index (χ1) is 3.55. The van der Waals surface area contributed by atoms with Crippen LogP contribution in [0.5, 0.6) is 0 Å². The molecule has 0 rings (SSSR count). The van der Waals surface area contributed by atoms with E-state index in [0.717, 1.165) is 6.92 Å². The van der Waals surface area contributed by atoms with E-state index in [4.69, 9.17) is 0 Å². The van der Waals surface area contributed by atoms with Gasteiger partial charge in [-0.15, -0.1) is 0 Å². The first kappa shape index (κ1) is 7.20. The minimum atomic E-state index is -3.15. The summed E-state index contributed by atoms with van der Waals surface area (Å²) in [6.07, 6.45) is -3.15. The monoisotopic (exact) mass is 122 g/mol. The van der Waals surface area contributed by atoms with Gasteiger partial charge >= 0.3 is 6.43 Å². The maximum Gasteiger partial charge on any atom is 0.303 e. The van der Waals surface area contributed by atoms with E-state index in [1.54, 1.807) is 0 Å². The standard InChI is InChI=1S/C4H4F2O2/c1-2(7)3(8)4(5)6/h4H,1H3. The summed E-state index contributed by atoms with van der Waals surface area (Å²) in [5.41, 5.74) is 0. The van der Waals surface area contributed by atoms with E-state index in [-0.39, 0.29) is 0 Å². The van der Waals surface area contributed by atoms with Gasteiger partial charge in [0.25, 0.3) is 5.78 Å². The predicted octanol–water partition coefficient (Wildman–Crippen LogP) is 0.410. The third-order valence-electron chi connectivity index (χ3n) is 0.545. The van der Waals surface area contributed by atoms with Gasteiger partial charge in [-0.2, -0.15) is 0 Å². The highest BCUT2D eigenvalue weighted by atomic mass is 19.3. The molecule has 0 aromatic carbocycles. The summed E-state index contributed by atoms with van der Waals surface area (Å²) in [7, 11) is 0. The molecule has 0 atom stereocenters. The lowest BCUT2D eigenvalue weighted by Gasteiger charge is -1.88. The molecule has 0 bridgehead atoms. The Hall–Kier alpha value is -0.800. The van der Waals surface area contributed by atoms with Crippen LogP contribution in [-0.4, -0.2) is 18.0 Å². The Morgan fingerprint density at radius 1 is 1.38 bits per heavy atom. The summed E-state index contributed by atoms with van der Waals surface area (Å²) >= 11 is 0. The Balaban J connectivity index is 3.84. The Labute approximate surface area is 44.5 Å². The van der Waals surface area contributed by atoms with Gasteiger partial charge in [-0.25, -0.2) is 8.78 Å². The first-order valence-electron chi connectivity index (χ1n) is 1.88. The average molecular weight is 122 g/mol. The second-order valence-electron chi connectivity index (χ2n) is 1.22. The van der Waals surface area contributed by atoms with Crippen LogP contribution in [0.25, 0.3) is 0 Å². The van der Waals surface area contributed by atoms with E-state index in [1.807, 2.05) is 0 Å². The fourth-order valence-electron chi connectivity index (χ4n) is 0.154. The molecule has 0 saturated carbocycles. The molecule has 0 N–H and O–H groups in total. The number of Topliss-reactive ketones (excluding diaryl/α,β-unsaturated/α-hetero) is 2. The van der Waals surface area contributed by atoms with E-state index in [2.05, 4.69) is 0 Å². The van der Waals surface area contributed by atoms with Gasteiger partial charge in [-0.3, -0.25) is 9.59 Å². The van der Waals surface area contributed by atoms with Gasteiger partial charge in [0.2, 0.25) is 5.78 Å². The summed E-state index contributed by atoms with van der Waals surface area (Å²) in [5.74, 6) is -2.72. The van der Waals surface area contributed by atoms with Crippen molar-refractivity contribution < 1.29 is 18.4 Å². The molecule has 0 aliphatic rings. The number of halogens is 2. The third kappa shape index (κ3) is 1.77. The van der Waals surface area contributed by atoms with Crippen LogP contribution in [0.1, 0.15) is 6.92 Å². The highest BCUT2D eigenvalue weighted by Gasteiger charge is 2.19. The smallest absolute Gasteiger partial charge is 0.291 e. The second-order valence-corrected chi connectivity index (χ2v) is 1.22. The molecule has 0 fully saturated rings. The van der Waals surface area contributed by atoms with Crippen molar-refractivity contribution in [2.24, 2.45) is 0 Å². The van der Waals surface area contributed by atoms with Gasteiger partial charge < -0.3 is 0 Å². The molecule has 0 saturated heterocycles. The van der Waals surface area contributed by atoms with Crippen LogP contribution in [-0.2, 0) is 9.59 Å². The van der Waals surface area contributed by atoms with Crippen molar-refractivity contribution in [1.29, 1.82) is 0 Å². The number of rotatable bonds is 2. The zero-order chi connectivity index (χ0) is 6.73. The van der Waals surface area contributed by atoms with E-state index in [9.17, 15) is 18.4 Å². The van der Waals surface area contributed by atoms with Crippen molar-refractivity contribution in [1.82, 2.24) is 0 Å². The zero-order valence-corrected chi connectivity index (χ0v) is 4.15. The lowest BCUT2D eigenvalue weighted by molar-refractivity contribution is -0.142. The van der Waals surface area contributed by atoms with E-state index >= 15 is 0 Å². The number of alkyl halides is 2. The highest BCUT2D eigenvalue weighted by Crippen LogP contribution is 1.93. The van der Waals surface area contributed by atoms with E-state index in [1.165, 1.54) is 0 Å². The van der Waals surface area contributed by atoms with Crippen LogP contribution < -0.4 is 0 Å². The van der Waals surface area contributed by atoms with Crippen LogP contribution in [0.15, 0.2) is 0 Å². The Bertz CT molecular complexity index is 119. The van der Waals surface area contributed by atoms with Gasteiger partial charge in [0.15, 0.2) is 0 Å². The van der Waals surface area contributed by atoms with Crippen molar-refractivity contribution in [3.05, 3.63) is 0 Å². The summed E-state index contributed by atoms with van der Waals surface area (Å²) in [6, 6.07) is 0. The van der Waals surface area contributed by atoms with Crippen molar-refractivity contribution in [3.63, 3.8) is 0 Å². The Morgan fingerprint density at radius 3 is 1.75 bits per heavy atom. The van der Waals surface area contributed by atoms with Gasteiger partial charge in [-0.1, -0.05) is 0 Å². The molecule has 4 heteroatoms. The van der Waals surface area contributed by atoms with E-state index < -0.39 is 18.0 Å². The summed E-state index contributed by atoms with van der Waals surface area (Å²) in [6.45, 7) is 0.814. The highest BCUT2D eigenvalue weighted by molar-refractivity contribution is 6.37. The Morgan fingerprint density at radius 2 is 1.75 bits per heavy atom. The van der Waals surface area contributed by atoms with Crippen molar-refractivity contribution >= 4 is 11.6 Å². The fraction of sp³-hybridized carbons (Fsp3) is 0.500. The molecule has 2 nitrogen and oxygen atoms in total. The van der Waals surface area contributed by atoms with Crippen LogP contribution in [0.4, 0.5) is 8.78 Å². The summed E-state index contributed by atoms with van der Waals surface area (Å²) < 4.78 is 22.2. The number of carbonyl (C=O) groups excluding carboxylic acids is 2. The van der Waals surface area contributed by atoms with Gasteiger partial charge in [-0.05, 0) is 0 Å². The molecule has 0 unspecified atom stereocenters. The van der Waals surface area contributed by atoms with Crippen molar-refractivity contribution in [2.45, 2.75) is 13.3 Å². The molecule has 0 aliphatic heterocycles. The molecule has 0 aromatic heterocycles. The topological polar surface area (TPSA) is 34.1 Å². The molecule has 0 aromatic rings. The normalized spacial score (nSPS) is 9.50. The number of hydrogen-bond donors (Lipinski definition) is 0. The van der Waals surface area contributed by atoms with Crippen molar-refractivity contribution in [3.8, 4) is 0 Å². The van der Waals surface area contributed by atoms with Gasteiger partial charge in [0, 0.05) is 6.92 Å². The second kappa shape index (κ2) is 2.49.